The topological polar surface area (TPSA) is 174 Å². The molecule has 0 bridgehead atoms. The Labute approximate surface area is 140 Å². The molecule has 1 aliphatic rings. The fourth-order valence-electron chi connectivity index (χ4n) is 2.98. The molecule has 0 amide bonds. The molecule has 0 unspecified atom stereocenters. The first-order chi connectivity index (χ1) is 11.9. The van der Waals surface area contributed by atoms with Gasteiger partial charge in [-0.15, -0.1) is 6.42 Å². The quantitative estimate of drug-likeness (QED) is 0.364. The standard InChI is InChI=1S/C14H18N6O5/c1-2-3-19-9-10(17-13(16)18-11(9)23)20(14(19)24)12-6(21)4-8(25-12)7(22)5-15/h1,6-8,12,21-22H,3-5,15H2,(H3,16,17,18,23)/t6-,7+,8+,12-/m1/s1. The van der Waals surface area contributed by atoms with Crippen molar-refractivity contribution in [1.82, 2.24) is 19.1 Å². The van der Waals surface area contributed by atoms with Gasteiger partial charge in [-0.2, -0.15) is 4.98 Å². The number of H-pyrrole nitrogens is 1. The van der Waals surface area contributed by atoms with Gasteiger partial charge in [0.1, 0.15) is 6.10 Å². The lowest BCUT2D eigenvalue weighted by Crippen LogP contribution is -2.34. The maximum absolute atomic E-state index is 12.7. The number of nitrogen functional groups attached to an aromatic ring is 1. The predicted octanol–water partition coefficient (Wildman–Crippen LogP) is -2.93. The number of fused-ring (bicyclic) bond motifs is 1. The monoisotopic (exact) mass is 350 g/mol. The number of ether oxygens (including phenoxy) is 1. The zero-order chi connectivity index (χ0) is 18.3. The van der Waals surface area contributed by atoms with Gasteiger partial charge in [0, 0.05) is 13.0 Å². The minimum atomic E-state index is -1.16. The summed E-state index contributed by atoms with van der Waals surface area (Å²) in [6.07, 6.45) is 1.29. The van der Waals surface area contributed by atoms with Crippen molar-refractivity contribution in [3.63, 3.8) is 0 Å². The van der Waals surface area contributed by atoms with Crippen LogP contribution in [0.3, 0.4) is 0 Å². The van der Waals surface area contributed by atoms with E-state index in [-0.39, 0.29) is 36.6 Å². The third kappa shape index (κ3) is 2.71. The van der Waals surface area contributed by atoms with Crippen LogP contribution < -0.4 is 22.7 Å². The molecule has 1 aliphatic heterocycles. The minimum Gasteiger partial charge on any atom is -0.389 e. The minimum absolute atomic E-state index is 0.0616. The smallest absolute Gasteiger partial charge is 0.333 e. The average molecular weight is 350 g/mol. The summed E-state index contributed by atoms with van der Waals surface area (Å²) in [4.78, 5) is 31.2. The van der Waals surface area contributed by atoms with E-state index in [1.165, 1.54) is 0 Å². The number of nitrogens with two attached hydrogens (primary N) is 2. The van der Waals surface area contributed by atoms with Crippen LogP contribution in [0.1, 0.15) is 12.6 Å². The van der Waals surface area contributed by atoms with Gasteiger partial charge in [-0.3, -0.25) is 14.3 Å². The molecule has 0 saturated carbocycles. The number of terminal acetylenes is 1. The Morgan fingerprint density at radius 1 is 1.52 bits per heavy atom. The zero-order valence-corrected chi connectivity index (χ0v) is 13.1. The van der Waals surface area contributed by atoms with Gasteiger partial charge < -0.3 is 26.4 Å². The Hall–Kier alpha value is -2.65. The summed E-state index contributed by atoms with van der Waals surface area (Å²) >= 11 is 0. The molecule has 2 aromatic heterocycles. The van der Waals surface area contributed by atoms with Crippen LogP contribution in [-0.4, -0.2) is 54.2 Å². The zero-order valence-electron chi connectivity index (χ0n) is 13.1. The maximum atomic E-state index is 12.7. The Balaban J connectivity index is 2.20. The average Bonchev–Trinajstić information content (AvgIpc) is 3.05. The van der Waals surface area contributed by atoms with E-state index in [4.69, 9.17) is 22.6 Å². The fourth-order valence-corrected chi connectivity index (χ4v) is 2.98. The Morgan fingerprint density at radius 2 is 2.24 bits per heavy atom. The fraction of sp³-hybridized carbons (Fsp3) is 0.500. The van der Waals surface area contributed by atoms with E-state index in [1.807, 2.05) is 0 Å². The number of hydrogen-bond donors (Lipinski definition) is 5. The van der Waals surface area contributed by atoms with Crippen molar-refractivity contribution in [1.29, 1.82) is 0 Å². The second-order valence-electron chi connectivity index (χ2n) is 5.74. The van der Waals surface area contributed by atoms with E-state index < -0.39 is 35.8 Å². The van der Waals surface area contributed by atoms with E-state index in [0.29, 0.717) is 0 Å². The SMILES string of the molecule is C#CCn1c(=O)n([C@@H]2O[C@H]([C@@H](O)CN)C[C@H]2O)c2nc(N)[nH]c(=O)c21. The van der Waals surface area contributed by atoms with Gasteiger partial charge in [-0.25, -0.2) is 9.36 Å². The van der Waals surface area contributed by atoms with Crippen LogP contribution in [-0.2, 0) is 11.3 Å². The first-order valence-electron chi connectivity index (χ1n) is 7.54. The van der Waals surface area contributed by atoms with Crippen molar-refractivity contribution in [3.05, 3.63) is 20.8 Å². The number of nitrogens with one attached hydrogen (secondary N) is 1. The first kappa shape index (κ1) is 17.2. The highest BCUT2D eigenvalue weighted by Gasteiger charge is 2.40. The van der Waals surface area contributed by atoms with E-state index in [1.54, 1.807) is 0 Å². The van der Waals surface area contributed by atoms with E-state index in [2.05, 4.69) is 15.9 Å². The lowest BCUT2D eigenvalue weighted by atomic mass is 10.1. The van der Waals surface area contributed by atoms with Crippen molar-refractivity contribution in [2.45, 2.75) is 37.5 Å². The molecule has 0 spiro atoms. The molecule has 11 nitrogen and oxygen atoms in total. The van der Waals surface area contributed by atoms with Gasteiger partial charge in [0.25, 0.3) is 5.56 Å². The van der Waals surface area contributed by atoms with Crippen molar-refractivity contribution in [2.24, 2.45) is 5.73 Å². The Morgan fingerprint density at radius 3 is 2.88 bits per heavy atom. The van der Waals surface area contributed by atoms with Gasteiger partial charge in [-0.1, -0.05) is 5.92 Å². The number of anilines is 1. The lowest BCUT2D eigenvalue weighted by Gasteiger charge is -2.18. The van der Waals surface area contributed by atoms with Crippen molar-refractivity contribution in [2.75, 3.05) is 12.3 Å². The molecule has 3 heterocycles. The molecule has 0 radical (unpaired) electrons. The Bertz CT molecular complexity index is 953. The van der Waals surface area contributed by atoms with Crippen molar-refractivity contribution >= 4 is 17.1 Å². The van der Waals surface area contributed by atoms with Crippen LogP contribution >= 0.6 is 0 Å². The van der Waals surface area contributed by atoms with E-state index >= 15 is 0 Å². The highest BCUT2D eigenvalue weighted by molar-refractivity contribution is 5.72. The van der Waals surface area contributed by atoms with Crippen molar-refractivity contribution in [3.8, 4) is 12.3 Å². The summed E-state index contributed by atoms with van der Waals surface area (Å²) in [5, 5.41) is 20.1. The second kappa shape index (κ2) is 6.34. The molecule has 7 N–H and O–H groups in total. The molecule has 1 saturated heterocycles. The number of aromatic amines is 1. The normalized spacial score (nSPS) is 24.5. The summed E-state index contributed by atoms with van der Waals surface area (Å²) in [6, 6.07) is 0. The molecule has 0 aliphatic carbocycles. The highest BCUT2D eigenvalue weighted by Crippen LogP contribution is 2.31. The summed E-state index contributed by atoms with van der Waals surface area (Å²) in [5.74, 6) is 2.09. The third-order valence-electron chi connectivity index (χ3n) is 4.12. The number of hydrogen-bond acceptors (Lipinski definition) is 8. The van der Waals surface area contributed by atoms with Gasteiger partial charge in [0.05, 0.1) is 18.8 Å². The molecule has 0 aromatic carbocycles. The number of imidazole rings is 1. The highest BCUT2D eigenvalue weighted by atomic mass is 16.5. The number of aromatic nitrogens is 4. The molecule has 11 heteroatoms. The molecule has 2 aromatic rings. The molecular weight excluding hydrogens is 332 g/mol. The lowest BCUT2D eigenvalue weighted by molar-refractivity contribution is -0.0730. The predicted molar refractivity (Wildman–Crippen MR) is 87.5 cm³/mol. The molecule has 25 heavy (non-hydrogen) atoms. The second-order valence-corrected chi connectivity index (χ2v) is 5.74. The molecular formula is C14H18N6O5. The Kier molecular flexibility index (Phi) is 4.36. The van der Waals surface area contributed by atoms with Gasteiger partial charge in [-0.05, 0) is 0 Å². The van der Waals surface area contributed by atoms with Gasteiger partial charge in [0.15, 0.2) is 17.4 Å². The van der Waals surface area contributed by atoms with E-state index in [0.717, 1.165) is 9.13 Å². The number of aliphatic hydroxyl groups excluding tert-OH is 2. The molecule has 134 valence electrons. The number of aliphatic hydroxyl groups is 2. The number of nitrogens with zero attached hydrogens (tertiary/aromatic N) is 3. The summed E-state index contributed by atoms with van der Waals surface area (Å²) in [5.41, 5.74) is 9.52. The van der Waals surface area contributed by atoms with Crippen LogP contribution in [0, 0.1) is 12.3 Å². The van der Waals surface area contributed by atoms with Crippen LogP contribution in [0.25, 0.3) is 11.2 Å². The van der Waals surface area contributed by atoms with Crippen LogP contribution in [0.15, 0.2) is 9.59 Å². The summed E-state index contributed by atoms with van der Waals surface area (Å²) < 4.78 is 7.66. The molecule has 4 atom stereocenters. The molecule has 3 rings (SSSR count). The van der Waals surface area contributed by atoms with Gasteiger partial charge >= 0.3 is 5.69 Å². The summed E-state index contributed by atoms with van der Waals surface area (Å²) in [6.45, 7) is -0.239. The van der Waals surface area contributed by atoms with Crippen LogP contribution in [0.5, 0.6) is 0 Å². The number of rotatable bonds is 4. The van der Waals surface area contributed by atoms with Gasteiger partial charge in [0.2, 0.25) is 5.95 Å². The first-order valence-corrected chi connectivity index (χ1v) is 7.54. The largest absolute Gasteiger partial charge is 0.389 e. The van der Waals surface area contributed by atoms with Crippen molar-refractivity contribution < 1.29 is 14.9 Å². The van der Waals surface area contributed by atoms with Crippen LogP contribution in [0.2, 0.25) is 0 Å². The van der Waals surface area contributed by atoms with Crippen LogP contribution in [0.4, 0.5) is 5.95 Å². The van der Waals surface area contributed by atoms with E-state index in [9.17, 15) is 19.8 Å². The maximum Gasteiger partial charge on any atom is 0.333 e. The third-order valence-corrected chi connectivity index (χ3v) is 4.12. The summed E-state index contributed by atoms with van der Waals surface area (Å²) in [7, 11) is 0. The molecule has 1 fully saturated rings.